The number of hydrogen-bond acceptors (Lipinski definition) is 7. The van der Waals surface area contributed by atoms with Crippen molar-refractivity contribution in [2.45, 2.75) is 89.7 Å². The van der Waals surface area contributed by atoms with Gasteiger partial charge in [0, 0.05) is 28.5 Å². The highest BCUT2D eigenvalue weighted by atomic mass is 19.1. The van der Waals surface area contributed by atoms with Crippen molar-refractivity contribution in [2.24, 2.45) is 5.92 Å². The lowest BCUT2D eigenvalue weighted by molar-refractivity contribution is -0.172. The minimum atomic E-state index is -1.95. The Morgan fingerprint density at radius 3 is 2.78 bits per heavy atom. The molecule has 4 atom stereocenters. The van der Waals surface area contributed by atoms with Crippen LogP contribution in [0.2, 0.25) is 0 Å². The van der Waals surface area contributed by atoms with Crippen molar-refractivity contribution in [3.05, 3.63) is 61.7 Å². The number of amides is 1. The number of nitrogens with one attached hydrogen (secondary N) is 1. The fourth-order valence-corrected chi connectivity index (χ4v) is 7.39. The van der Waals surface area contributed by atoms with E-state index in [0.717, 1.165) is 28.5 Å². The highest BCUT2D eigenvalue weighted by Gasteiger charge is 2.46. The molecule has 214 valence electrons. The van der Waals surface area contributed by atoms with Gasteiger partial charge in [-0.05, 0) is 68.2 Å². The third kappa shape index (κ3) is 3.73. The van der Waals surface area contributed by atoms with Gasteiger partial charge < -0.3 is 24.8 Å². The van der Waals surface area contributed by atoms with Crippen molar-refractivity contribution in [3.8, 4) is 11.4 Å². The van der Waals surface area contributed by atoms with Gasteiger partial charge >= 0.3 is 5.97 Å². The molecule has 1 amide bonds. The Hall–Kier alpha value is -3.63. The Kier molecular flexibility index (Phi) is 5.89. The number of benzene rings is 1. The number of nitrogens with zero attached hydrogens (tertiary/aromatic N) is 2. The Labute approximate surface area is 235 Å². The van der Waals surface area contributed by atoms with E-state index in [2.05, 4.69) is 5.32 Å². The summed E-state index contributed by atoms with van der Waals surface area (Å²) < 4.78 is 21.8. The maximum atomic E-state index is 15.1. The molecule has 10 heteroatoms. The molecule has 0 spiro atoms. The molecule has 2 aromatic heterocycles. The van der Waals surface area contributed by atoms with Gasteiger partial charge in [-0.15, -0.1) is 0 Å². The van der Waals surface area contributed by atoms with Crippen molar-refractivity contribution in [1.29, 1.82) is 0 Å². The van der Waals surface area contributed by atoms with Crippen molar-refractivity contribution in [3.63, 3.8) is 0 Å². The van der Waals surface area contributed by atoms with E-state index < -0.39 is 17.7 Å². The van der Waals surface area contributed by atoms with Gasteiger partial charge in [-0.3, -0.25) is 9.59 Å². The highest BCUT2D eigenvalue weighted by Crippen LogP contribution is 2.46. The average Bonchev–Trinajstić information content (AvgIpc) is 3.33. The topological polar surface area (TPSA) is 131 Å². The van der Waals surface area contributed by atoms with Crippen molar-refractivity contribution in [1.82, 2.24) is 14.9 Å². The molecule has 1 fully saturated rings. The monoisotopic (exact) mass is 561 g/mol. The maximum Gasteiger partial charge on any atom is 0.343 e. The molecule has 9 nitrogen and oxygen atoms in total. The van der Waals surface area contributed by atoms with Crippen LogP contribution in [0.3, 0.4) is 0 Å². The SMILES string of the molecule is CC[C@@]1(O)C(=O)OCc2c1cc1n(c2=O)Cc2c-1nc1cc(F)c(C)c3c1c2[C@@H](NC(=O)C1CCCC(O)C1)CC3. The number of aliphatic hydroxyl groups excluding tert-OH is 1. The van der Waals surface area contributed by atoms with Crippen LogP contribution in [-0.4, -0.2) is 37.7 Å². The standard InChI is InChI=1S/C31H32FN3O6/c1-3-31(40)20-10-24-27-18(12-35(24)29(38)19(20)13-41-30(31)39)26-22(34-28(37)15-5-4-6-16(36)9-15)8-7-17-14(2)21(32)11-23(33-27)25(17)26/h10-11,15-16,22,36,40H,3-9,12-13H2,1-2H3,(H,34,37)/t15?,16?,22-,31-/m0/s1. The van der Waals surface area contributed by atoms with Crippen molar-refractivity contribution in [2.75, 3.05) is 0 Å². The molecule has 2 unspecified atom stereocenters. The second kappa shape index (κ2) is 9.19. The van der Waals surface area contributed by atoms with Crippen LogP contribution in [0.4, 0.5) is 4.39 Å². The summed E-state index contributed by atoms with van der Waals surface area (Å²) >= 11 is 0. The third-order valence-corrected chi connectivity index (χ3v) is 9.71. The van der Waals surface area contributed by atoms with Crippen LogP contribution in [0.15, 0.2) is 16.9 Å². The van der Waals surface area contributed by atoms with Gasteiger partial charge in [0.05, 0.1) is 41.2 Å². The Balaban J connectivity index is 1.42. The smallest absolute Gasteiger partial charge is 0.343 e. The molecule has 0 bridgehead atoms. The normalized spacial score (nSPS) is 26.3. The van der Waals surface area contributed by atoms with E-state index in [9.17, 15) is 24.6 Å². The molecule has 3 N–H and O–H groups in total. The Morgan fingerprint density at radius 1 is 1.22 bits per heavy atom. The van der Waals surface area contributed by atoms with Gasteiger partial charge in [-0.1, -0.05) is 13.3 Å². The molecular weight excluding hydrogens is 529 g/mol. The zero-order valence-corrected chi connectivity index (χ0v) is 23.1. The average molecular weight is 562 g/mol. The summed E-state index contributed by atoms with van der Waals surface area (Å²) in [4.78, 5) is 44.6. The number of halogens is 1. The first-order chi connectivity index (χ1) is 19.6. The Morgan fingerprint density at radius 2 is 2.02 bits per heavy atom. The van der Waals surface area contributed by atoms with Gasteiger partial charge in [0.2, 0.25) is 5.91 Å². The van der Waals surface area contributed by atoms with E-state index in [0.29, 0.717) is 54.6 Å². The third-order valence-electron chi connectivity index (χ3n) is 9.71. The zero-order valence-electron chi connectivity index (χ0n) is 23.1. The molecule has 7 rings (SSSR count). The number of aliphatic hydroxyl groups is 2. The number of ether oxygens (including phenoxy) is 1. The number of fused-ring (bicyclic) bond motifs is 5. The van der Waals surface area contributed by atoms with Crippen LogP contribution in [0, 0.1) is 18.7 Å². The molecule has 0 radical (unpaired) electrons. The molecule has 4 heterocycles. The van der Waals surface area contributed by atoms with Gasteiger partial charge in [-0.25, -0.2) is 14.2 Å². The second-order valence-corrected chi connectivity index (χ2v) is 11.9. The van der Waals surface area contributed by atoms with E-state index in [-0.39, 0.29) is 59.9 Å². The number of aryl methyl sites for hydroxylation is 1. The fraction of sp³-hybridized carbons (Fsp3) is 0.484. The molecular formula is C31H32FN3O6. The van der Waals surface area contributed by atoms with E-state index >= 15 is 4.39 Å². The fourth-order valence-electron chi connectivity index (χ4n) is 7.39. The number of pyridine rings is 2. The van der Waals surface area contributed by atoms with Crippen LogP contribution in [0.25, 0.3) is 22.3 Å². The number of esters is 1. The number of hydrogen-bond donors (Lipinski definition) is 3. The predicted molar refractivity (Wildman–Crippen MR) is 146 cm³/mol. The van der Waals surface area contributed by atoms with Gasteiger partial charge in [0.25, 0.3) is 5.56 Å². The minimum absolute atomic E-state index is 0.0306. The summed E-state index contributed by atoms with van der Waals surface area (Å²) in [7, 11) is 0. The van der Waals surface area contributed by atoms with Crippen LogP contribution >= 0.6 is 0 Å². The van der Waals surface area contributed by atoms with Crippen LogP contribution in [-0.2, 0) is 39.5 Å². The summed E-state index contributed by atoms with van der Waals surface area (Å²) in [6, 6.07) is 2.66. The molecule has 41 heavy (non-hydrogen) atoms. The first kappa shape index (κ1) is 26.3. The predicted octanol–water partition coefficient (Wildman–Crippen LogP) is 3.18. The largest absolute Gasteiger partial charge is 0.458 e. The first-order valence-electron chi connectivity index (χ1n) is 14.4. The van der Waals surface area contributed by atoms with E-state index in [1.807, 2.05) is 0 Å². The molecule has 2 aliphatic carbocycles. The number of rotatable bonds is 3. The van der Waals surface area contributed by atoms with E-state index in [4.69, 9.17) is 9.72 Å². The quantitative estimate of drug-likeness (QED) is 0.328. The van der Waals surface area contributed by atoms with Crippen LogP contribution in [0.5, 0.6) is 0 Å². The molecule has 3 aromatic rings. The highest BCUT2D eigenvalue weighted by molar-refractivity contribution is 5.94. The molecule has 4 aliphatic rings. The van der Waals surface area contributed by atoms with E-state index in [1.165, 1.54) is 6.07 Å². The number of cyclic esters (lactones) is 1. The zero-order chi connectivity index (χ0) is 28.8. The number of carbonyl (C=O) groups is 2. The van der Waals surface area contributed by atoms with Crippen LogP contribution < -0.4 is 10.9 Å². The van der Waals surface area contributed by atoms with Crippen molar-refractivity contribution >= 4 is 22.8 Å². The molecule has 1 saturated carbocycles. The lowest BCUT2D eigenvalue weighted by atomic mass is 9.81. The van der Waals surface area contributed by atoms with Gasteiger partial charge in [-0.2, -0.15) is 0 Å². The van der Waals surface area contributed by atoms with Gasteiger partial charge in [0.15, 0.2) is 5.60 Å². The van der Waals surface area contributed by atoms with Gasteiger partial charge in [0.1, 0.15) is 12.4 Å². The molecule has 2 aliphatic heterocycles. The molecule has 0 saturated heterocycles. The summed E-state index contributed by atoms with van der Waals surface area (Å²) in [6.07, 6.45) is 3.30. The summed E-state index contributed by atoms with van der Waals surface area (Å²) in [6.45, 7) is 3.36. The summed E-state index contributed by atoms with van der Waals surface area (Å²) in [5, 5.41) is 25.4. The summed E-state index contributed by atoms with van der Waals surface area (Å²) in [5.41, 5.74) is 2.48. The maximum absolute atomic E-state index is 15.1. The number of aromatic nitrogens is 2. The Bertz CT molecular complexity index is 1730. The number of carbonyl (C=O) groups excluding carboxylic acids is 2. The summed E-state index contributed by atoms with van der Waals surface area (Å²) in [5.74, 6) is -1.55. The minimum Gasteiger partial charge on any atom is -0.458 e. The lowest BCUT2D eigenvalue weighted by Gasteiger charge is -2.32. The first-order valence-corrected chi connectivity index (χ1v) is 14.4. The van der Waals surface area contributed by atoms with Crippen molar-refractivity contribution < 1.29 is 28.9 Å². The lowest BCUT2D eigenvalue weighted by Crippen LogP contribution is -2.44. The van der Waals surface area contributed by atoms with E-state index in [1.54, 1.807) is 24.5 Å². The van der Waals surface area contributed by atoms with Crippen LogP contribution in [0.1, 0.15) is 84.9 Å². The second-order valence-electron chi connectivity index (χ2n) is 11.9. The molecule has 1 aromatic carbocycles.